The maximum Gasteiger partial charge on any atom is 0.337 e. The van der Waals surface area contributed by atoms with Gasteiger partial charge in [0.15, 0.2) is 0 Å². The molecule has 108 valence electrons. The first kappa shape index (κ1) is 14.3. The molecule has 1 aromatic rings. The SMILES string of the molecule is CC1(C)CCN(C(=O)Nc2cc(F)ccc2C(=O)O)C1. The molecule has 0 saturated carbocycles. The molecule has 1 aliphatic heterocycles. The van der Waals surface area contributed by atoms with Crippen molar-refractivity contribution in [1.29, 1.82) is 0 Å². The van der Waals surface area contributed by atoms with Gasteiger partial charge in [0.05, 0.1) is 11.3 Å². The van der Waals surface area contributed by atoms with Gasteiger partial charge in [-0.25, -0.2) is 14.0 Å². The number of carboxylic acids is 1. The molecule has 0 aliphatic carbocycles. The minimum atomic E-state index is -1.21. The highest BCUT2D eigenvalue weighted by Crippen LogP contribution is 2.29. The van der Waals surface area contributed by atoms with Crippen molar-refractivity contribution in [1.82, 2.24) is 4.90 Å². The van der Waals surface area contributed by atoms with Gasteiger partial charge in [0.2, 0.25) is 0 Å². The normalized spacial score (nSPS) is 17.1. The monoisotopic (exact) mass is 280 g/mol. The summed E-state index contributed by atoms with van der Waals surface area (Å²) in [7, 11) is 0. The Hall–Kier alpha value is -2.11. The number of likely N-dealkylation sites (tertiary alicyclic amines) is 1. The van der Waals surface area contributed by atoms with Gasteiger partial charge in [-0.1, -0.05) is 13.8 Å². The minimum absolute atomic E-state index is 0.0211. The first-order valence-corrected chi connectivity index (χ1v) is 6.37. The molecule has 20 heavy (non-hydrogen) atoms. The second-order valence-corrected chi connectivity index (χ2v) is 5.76. The highest BCUT2D eigenvalue weighted by molar-refractivity contribution is 6.00. The maximum absolute atomic E-state index is 13.2. The number of urea groups is 1. The van der Waals surface area contributed by atoms with Crippen molar-refractivity contribution in [2.24, 2.45) is 5.41 Å². The number of aromatic carboxylic acids is 1. The van der Waals surface area contributed by atoms with Crippen molar-refractivity contribution in [2.75, 3.05) is 18.4 Å². The Morgan fingerprint density at radius 1 is 1.40 bits per heavy atom. The highest BCUT2D eigenvalue weighted by Gasteiger charge is 2.32. The number of nitrogens with zero attached hydrogens (tertiary/aromatic N) is 1. The van der Waals surface area contributed by atoms with Gasteiger partial charge in [0, 0.05) is 13.1 Å². The summed E-state index contributed by atoms with van der Waals surface area (Å²) in [5.74, 6) is -1.80. The molecule has 1 heterocycles. The van der Waals surface area contributed by atoms with E-state index < -0.39 is 17.8 Å². The van der Waals surface area contributed by atoms with Crippen LogP contribution < -0.4 is 5.32 Å². The zero-order valence-corrected chi connectivity index (χ0v) is 11.4. The van der Waals surface area contributed by atoms with E-state index >= 15 is 0 Å². The van der Waals surface area contributed by atoms with Gasteiger partial charge in [-0.15, -0.1) is 0 Å². The van der Waals surface area contributed by atoms with Crippen LogP contribution in [0, 0.1) is 11.2 Å². The maximum atomic E-state index is 13.2. The number of amides is 2. The highest BCUT2D eigenvalue weighted by atomic mass is 19.1. The van der Waals surface area contributed by atoms with E-state index in [0.717, 1.165) is 24.6 Å². The van der Waals surface area contributed by atoms with Gasteiger partial charge in [-0.2, -0.15) is 0 Å². The van der Waals surface area contributed by atoms with E-state index in [-0.39, 0.29) is 16.7 Å². The fraction of sp³-hybridized carbons (Fsp3) is 0.429. The van der Waals surface area contributed by atoms with Crippen LogP contribution in [0.2, 0.25) is 0 Å². The molecule has 2 N–H and O–H groups in total. The number of carbonyl (C=O) groups is 2. The molecule has 2 rings (SSSR count). The van der Waals surface area contributed by atoms with Crippen LogP contribution in [0.15, 0.2) is 18.2 Å². The standard InChI is InChI=1S/C14H17FN2O3/c1-14(2)5-6-17(8-14)13(20)16-11-7-9(15)3-4-10(11)12(18)19/h3-4,7H,5-6,8H2,1-2H3,(H,16,20)(H,18,19). The molecule has 0 aromatic heterocycles. The van der Waals surface area contributed by atoms with Crippen LogP contribution >= 0.6 is 0 Å². The van der Waals surface area contributed by atoms with Crippen molar-refractivity contribution < 1.29 is 19.1 Å². The van der Waals surface area contributed by atoms with Crippen LogP contribution in [0.1, 0.15) is 30.6 Å². The van der Waals surface area contributed by atoms with Crippen LogP contribution in [0.3, 0.4) is 0 Å². The lowest BCUT2D eigenvalue weighted by Crippen LogP contribution is -2.34. The van der Waals surface area contributed by atoms with E-state index in [1.807, 2.05) is 0 Å². The molecule has 1 aliphatic rings. The largest absolute Gasteiger partial charge is 0.478 e. The second kappa shape index (κ2) is 5.11. The molecular weight excluding hydrogens is 263 g/mol. The quantitative estimate of drug-likeness (QED) is 0.875. The molecule has 0 radical (unpaired) electrons. The molecule has 6 heteroatoms. The number of carboxylic acid groups (broad SMARTS) is 1. The van der Waals surface area contributed by atoms with Gasteiger partial charge in [0.1, 0.15) is 5.82 Å². The number of hydrogen-bond donors (Lipinski definition) is 2. The first-order chi connectivity index (χ1) is 9.28. The number of benzene rings is 1. The summed E-state index contributed by atoms with van der Waals surface area (Å²) in [6.07, 6.45) is 0.884. The zero-order chi connectivity index (χ0) is 14.9. The van der Waals surface area contributed by atoms with Gasteiger partial charge < -0.3 is 15.3 Å². The van der Waals surface area contributed by atoms with Crippen LogP contribution in [-0.2, 0) is 0 Å². The van der Waals surface area contributed by atoms with E-state index in [0.29, 0.717) is 13.1 Å². The number of hydrogen-bond acceptors (Lipinski definition) is 2. The molecule has 5 nitrogen and oxygen atoms in total. The Bertz CT molecular complexity index is 557. The second-order valence-electron chi connectivity index (χ2n) is 5.76. The molecule has 0 unspecified atom stereocenters. The smallest absolute Gasteiger partial charge is 0.337 e. The number of halogens is 1. The molecular formula is C14H17FN2O3. The lowest BCUT2D eigenvalue weighted by molar-refractivity contribution is 0.0698. The van der Waals surface area contributed by atoms with E-state index in [2.05, 4.69) is 19.2 Å². The predicted molar refractivity (Wildman–Crippen MR) is 72.3 cm³/mol. The Labute approximate surface area is 116 Å². The van der Waals surface area contributed by atoms with Gasteiger partial charge in [0.25, 0.3) is 0 Å². The summed E-state index contributed by atoms with van der Waals surface area (Å²) in [6, 6.07) is 2.81. The lowest BCUT2D eigenvalue weighted by Gasteiger charge is -2.20. The van der Waals surface area contributed by atoms with Gasteiger partial charge >= 0.3 is 12.0 Å². The van der Waals surface area contributed by atoms with E-state index in [1.54, 1.807) is 4.90 Å². The molecule has 1 aromatic carbocycles. The Morgan fingerprint density at radius 3 is 2.65 bits per heavy atom. The summed E-state index contributed by atoms with van der Waals surface area (Å²) in [4.78, 5) is 24.7. The molecule has 0 spiro atoms. The fourth-order valence-corrected chi connectivity index (χ4v) is 2.29. The molecule has 2 amide bonds. The van der Waals surface area contributed by atoms with E-state index in [9.17, 15) is 14.0 Å². The fourth-order valence-electron chi connectivity index (χ4n) is 2.29. The number of nitrogens with one attached hydrogen (secondary N) is 1. The Kier molecular flexibility index (Phi) is 3.65. The summed E-state index contributed by atoms with van der Waals surface area (Å²) in [5, 5.41) is 11.5. The minimum Gasteiger partial charge on any atom is -0.478 e. The summed E-state index contributed by atoms with van der Waals surface area (Å²) in [5.41, 5.74) is -0.0973. The third kappa shape index (κ3) is 3.07. The molecule has 1 saturated heterocycles. The van der Waals surface area contributed by atoms with Crippen molar-refractivity contribution in [3.8, 4) is 0 Å². The third-order valence-electron chi connectivity index (χ3n) is 3.42. The predicted octanol–water partition coefficient (Wildman–Crippen LogP) is 2.79. The lowest BCUT2D eigenvalue weighted by atomic mass is 9.93. The average molecular weight is 280 g/mol. The van der Waals surface area contributed by atoms with Crippen molar-refractivity contribution in [3.63, 3.8) is 0 Å². The van der Waals surface area contributed by atoms with Crippen LogP contribution in [0.25, 0.3) is 0 Å². The van der Waals surface area contributed by atoms with Gasteiger partial charge in [-0.05, 0) is 30.0 Å². The average Bonchev–Trinajstić information content (AvgIpc) is 2.69. The van der Waals surface area contributed by atoms with Gasteiger partial charge in [-0.3, -0.25) is 0 Å². The first-order valence-electron chi connectivity index (χ1n) is 6.37. The topological polar surface area (TPSA) is 69.6 Å². The van der Waals surface area contributed by atoms with Crippen LogP contribution in [-0.4, -0.2) is 35.1 Å². The van der Waals surface area contributed by atoms with Crippen molar-refractivity contribution in [2.45, 2.75) is 20.3 Å². The number of carbonyl (C=O) groups excluding carboxylic acids is 1. The summed E-state index contributed by atoms with van der Waals surface area (Å²) in [6.45, 7) is 5.32. The number of anilines is 1. The summed E-state index contributed by atoms with van der Waals surface area (Å²) < 4.78 is 13.2. The molecule has 0 atom stereocenters. The third-order valence-corrected chi connectivity index (χ3v) is 3.42. The molecule has 0 bridgehead atoms. The Balaban J connectivity index is 2.16. The summed E-state index contributed by atoms with van der Waals surface area (Å²) >= 11 is 0. The van der Waals surface area contributed by atoms with Crippen LogP contribution in [0.5, 0.6) is 0 Å². The number of rotatable bonds is 2. The van der Waals surface area contributed by atoms with E-state index in [1.165, 1.54) is 0 Å². The molecule has 1 fully saturated rings. The van der Waals surface area contributed by atoms with E-state index in [4.69, 9.17) is 5.11 Å². The Morgan fingerprint density at radius 2 is 2.10 bits per heavy atom. The van der Waals surface area contributed by atoms with Crippen LogP contribution in [0.4, 0.5) is 14.9 Å². The van der Waals surface area contributed by atoms with Crippen molar-refractivity contribution in [3.05, 3.63) is 29.6 Å². The van der Waals surface area contributed by atoms with Crippen molar-refractivity contribution >= 4 is 17.7 Å². The zero-order valence-electron chi connectivity index (χ0n) is 11.4.